The van der Waals surface area contributed by atoms with Gasteiger partial charge in [0.25, 0.3) is 5.91 Å². The van der Waals surface area contributed by atoms with Gasteiger partial charge in [-0.05, 0) is 36.4 Å². The highest BCUT2D eigenvalue weighted by Gasteiger charge is 2.24. The van der Waals surface area contributed by atoms with Crippen molar-refractivity contribution >= 4 is 23.2 Å². The van der Waals surface area contributed by atoms with E-state index in [4.69, 9.17) is 16.3 Å². The van der Waals surface area contributed by atoms with Crippen LogP contribution in [-0.2, 0) is 0 Å². The summed E-state index contributed by atoms with van der Waals surface area (Å²) < 4.78 is 5.21. The number of H-pyrrole nitrogens is 1. The molecule has 1 fully saturated rings. The summed E-state index contributed by atoms with van der Waals surface area (Å²) in [7, 11) is 1.66. The highest BCUT2D eigenvalue weighted by Crippen LogP contribution is 2.27. The lowest BCUT2D eigenvalue weighted by atomic mass is 10.1. The van der Waals surface area contributed by atoms with Crippen LogP contribution in [-0.4, -0.2) is 54.3 Å². The van der Waals surface area contributed by atoms with Gasteiger partial charge in [0.1, 0.15) is 11.4 Å². The molecule has 0 saturated carbocycles. The van der Waals surface area contributed by atoms with Gasteiger partial charge in [-0.2, -0.15) is 5.10 Å². The molecule has 6 nitrogen and oxygen atoms in total. The number of ether oxygens (including phenoxy) is 1. The summed E-state index contributed by atoms with van der Waals surface area (Å²) in [6.07, 6.45) is 0. The molecule has 4 rings (SSSR count). The first-order valence-electron chi connectivity index (χ1n) is 9.14. The summed E-state index contributed by atoms with van der Waals surface area (Å²) in [5.74, 6) is 0.798. The van der Waals surface area contributed by atoms with Crippen LogP contribution in [0.3, 0.4) is 0 Å². The maximum atomic E-state index is 12.8. The summed E-state index contributed by atoms with van der Waals surface area (Å²) in [4.78, 5) is 17.0. The van der Waals surface area contributed by atoms with Gasteiger partial charge < -0.3 is 14.5 Å². The zero-order valence-corrected chi connectivity index (χ0v) is 16.3. The molecule has 1 aliphatic rings. The first-order valence-corrected chi connectivity index (χ1v) is 9.52. The van der Waals surface area contributed by atoms with E-state index >= 15 is 0 Å². The molecule has 28 heavy (non-hydrogen) atoms. The second-order valence-corrected chi connectivity index (χ2v) is 7.03. The number of carbonyl (C=O) groups is 1. The smallest absolute Gasteiger partial charge is 0.272 e. The Kier molecular flexibility index (Phi) is 5.21. The largest absolute Gasteiger partial charge is 0.497 e. The zero-order chi connectivity index (χ0) is 19.5. The molecule has 3 aromatic rings. The number of amides is 1. The average Bonchev–Trinajstić information content (AvgIpc) is 3.24. The molecule has 1 saturated heterocycles. The van der Waals surface area contributed by atoms with Gasteiger partial charge in [0.2, 0.25) is 0 Å². The van der Waals surface area contributed by atoms with Crippen molar-refractivity contribution < 1.29 is 9.53 Å². The van der Waals surface area contributed by atoms with E-state index in [1.807, 2.05) is 53.4 Å². The molecule has 0 unspecified atom stereocenters. The molecule has 0 aliphatic carbocycles. The number of carbonyl (C=O) groups excluding carboxylic acids is 1. The Morgan fingerprint density at radius 1 is 1.07 bits per heavy atom. The van der Waals surface area contributed by atoms with E-state index in [9.17, 15) is 4.79 Å². The minimum absolute atomic E-state index is 0.0415. The Bertz CT molecular complexity index is 963. The van der Waals surface area contributed by atoms with Crippen LogP contribution in [0.5, 0.6) is 5.75 Å². The van der Waals surface area contributed by atoms with E-state index in [1.54, 1.807) is 13.2 Å². The molecule has 2 aromatic carbocycles. The van der Waals surface area contributed by atoms with E-state index in [2.05, 4.69) is 15.1 Å². The summed E-state index contributed by atoms with van der Waals surface area (Å²) >= 11 is 6.23. The third kappa shape index (κ3) is 3.68. The fraction of sp³-hybridized carbons (Fsp3) is 0.238. The zero-order valence-electron chi connectivity index (χ0n) is 15.6. The molecule has 0 radical (unpaired) electrons. The number of piperazine rings is 1. The van der Waals surface area contributed by atoms with Gasteiger partial charge in [0.05, 0.1) is 17.8 Å². The van der Waals surface area contributed by atoms with Crippen molar-refractivity contribution in [3.63, 3.8) is 0 Å². The number of hydrogen-bond donors (Lipinski definition) is 1. The Labute approximate surface area is 168 Å². The molecule has 7 heteroatoms. The minimum atomic E-state index is -0.0415. The molecular formula is C21H21ClN4O2. The number of methoxy groups -OCH3 is 1. The van der Waals surface area contributed by atoms with Crippen molar-refractivity contribution in [2.24, 2.45) is 0 Å². The fourth-order valence-corrected chi connectivity index (χ4v) is 3.60. The van der Waals surface area contributed by atoms with Gasteiger partial charge in [-0.25, -0.2) is 0 Å². The lowest BCUT2D eigenvalue weighted by Gasteiger charge is -2.35. The van der Waals surface area contributed by atoms with Crippen LogP contribution in [0.2, 0.25) is 5.02 Å². The SMILES string of the molecule is COc1ccc(N2CCN(C(=O)c3cc(-c4ccccc4Cl)n[nH]3)CC2)cc1. The average molecular weight is 397 g/mol. The molecular weight excluding hydrogens is 376 g/mol. The number of nitrogens with zero attached hydrogens (tertiary/aromatic N) is 3. The van der Waals surface area contributed by atoms with Crippen LogP contribution >= 0.6 is 11.6 Å². The molecule has 1 aliphatic heterocycles. The normalized spacial score (nSPS) is 14.2. The van der Waals surface area contributed by atoms with Crippen molar-refractivity contribution in [2.45, 2.75) is 0 Å². The Morgan fingerprint density at radius 3 is 2.46 bits per heavy atom. The fourth-order valence-electron chi connectivity index (χ4n) is 3.37. The van der Waals surface area contributed by atoms with Gasteiger partial charge in [-0.1, -0.05) is 29.8 Å². The maximum absolute atomic E-state index is 12.8. The number of anilines is 1. The number of aromatic amines is 1. The number of benzene rings is 2. The van der Waals surface area contributed by atoms with Crippen molar-refractivity contribution in [3.05, 3.63) is 65.3 Å². The van der Waals surface area contributed by atoms with E-state index in [0.717, 1.165) is 30.1 Å². The number of halogens is 1. The van der Waals surface area contributed by atoms with Crippen molar-refractivity contribution in [1.29, 1.82) is 0 Å². The predicted molar refractivity (Wildman–Crippen MR) is 110 cm³/mol. The molecule has 144 valence electrons. The monoisotopic (exact) mass is 396 g/mol. The highest BCUT2D eigenvalue weighted by atomic mass is 35.5. The maximum Gasteiger partial charge on any atom is 0.272 e. The molecule has 1 N–H and O–H groups in total. The van der Waals surface area contributed by atoms with Gasteiger partial charge >= 0.3 is 0 Å². The Hall–Kier alpha value is -2.99. The molecule has 0 atom stereocenters. The highest BCUT2D eigenvalue weighted by molar-refractivity contribution is 6.33. The van der Waals surface area contributed by atoms with E-state index in [-0.39, 0.29) is 5.91 Å². The first-order chi connectivity index (χ1) is 13.7. The lowest BCUT2D eigenvalue weighted by molar-refractivity contribution is 0.0741. The third-order valence-corrected chi connectivity index (χ3v) is 5.29. The summed E-state index contributed by atoms with van der Waals surface area (Å²) in [6, 6.07) is 17.2. The second kappa shape index (κ2) is 7.94. The van der Waals surface area contributed by atoms with Gasteiger partial charge in [-0.15, -0.1) is 0 Å². The van der Waals surface area contributed by atoms with E-state index < -0.39 is 0 Å². The summed E-state index contributed by atoms with van der Waals surface area (Å²) in [5.41, 5.74) is 3.10. The van der Waals surface area contributed by atoms with Gasteiger partial charge in [0.15, 0.2) is 0 Å². The third-order valence-electron chi connectivity index (χ3n) is 4.96. The van der Waals surface area contributed by atoms with E-state index in [1.165, 1.54) is 0 Å². The summed E-state index contributed by atoms with van der Waals surface area (Å²) in [5, 5.41) is 7.73. The lowest BCUT2D eigenvalue weighted by Crippen LogP contribution is -2.48. The summed E-state index contributed by atoms with van der Waals surface area (Å²) in [6.45, 7) is 2.88. The number of aromatic nitrogens is 2. The van der Waals surface area contributed by atoms with Gasteiger partial charge in [0, 0.05) is 37.4 Å². The van der Waals surface area contributed by atoms with Crippen LogP contribution < -0.4 is 9.64 Å². The number of hydrogen-bond acceptors (Lipinski definition) is 4. The van der Waals surface area contributed by atoms with Crippen LogP contribution in [0.15, 0.2) is 54.6 Å². The standard InChI is InChI=1S/C21H21ClN4O2/c1-28-16-8-6-15(7-9-16)25-10-12-26(13-11-25)21(27)20-14-19(23-24-20)17-4-2-3-5-18(17)22/h2-9,14H,10-13H2,1H3,(H,23,24). The first kappa shape index (κ1) is 18.4. The molecule has 0 bridgehead atoms. The van der Waals surface area contributed by atoms with Crippen LogP contribution in [0.1, 0.15) is 10.5 Å². The van der Waals surface area contributed by atoms with E-state index in [0.29, 0.717) is 29.5 Å². The predicted octanol–water partition coefficient (Wildman–Crippen LogP) is 3.70. The minimum Gasteiger partial charge on any atom is -0.497 e. The quantitative estimate of drug-likeness (QED) is 0.730. The number of nitrogens with one attached hydrogen (secondary N) is 1. The number of rotatable bonds is 4. The Balaban J connectivity index is 1.41. The molecule has 1 amide bonds. The molecule has 2 heterocycles. The molecule has 1 aromatic heterocycles. The van der Waals surface area contributed by atoms with Crippen molar-refractivity contribution in [3.8, 4) is 17.0 Å². The van der Waals surface area contributed by atoms with Gasteiger partial charge in [-0.3, -0.25) is 9.89 Å². The van der Waals surface area contributed by atoms with Crippen molar-refractivity contribution in [2.75, 3.05) is 38.2 Å². The van der Waals surface area contributed by atoms with Crippen LogP contribution in [0, 0.1) is 0 Å². The molecule has 0 spiro atoms. The van der Waals surface area contributed by atoms with Crippen LogP contribution in [0.4, 0.5) is 5.69 Å². The topological polar surface area (TPSA) is 61.5 Å². The second-order valence-electron chi connectivity index (χ2n) is 6.62. The Morgan fingerprint density at radius 2 is 1.79 bits per heavy atom. The van der Waals surface area contributed by atoms with Crippen molar-refractivity contribution in [1.82, 2.24) is 15.1 Å². The van der Waals surface area contributed by atoms with Crippen LogP contribution in [0.25, 0.3) is 11.3 Å².